The SMILES string of the molecule is CC(C)CNCC1CCCCN1CC(=O)N1CCOCC1. The van der Waals surface area contributed by atoms with Gasteiger partial charge in [-0.1, -0.05) is 20.3 Å². The predicted molar refractivity (Wildman–Crippen MR) is 84.3 cm³/mol. The zero-order chi connectivity index (χ0) is 15.1. The molecular weight excluding hydrogens is 266 g/mol. The molecule has 0 aliphatic carbocycles. The molecule has 5 nitrogen and oxygen atoms in total. The van der Waals surface area contributed by atoms with E-state index in [-0.39, 0.29) is 5.91 Å². The molecule has 2 heterocycles. The number of rotatable bonds is 6. The fourth-order valence-corrected chi connectivity index (χ4v) is 3.12. The molecule has 21 heavy (non-hydrogen) atoms. The van der Waals surface area contributed by atoms with Crippen molar-refractivity contribution in [1.29, 1.82) is 0 Å². The number of carbonyl (C=O) groups excluding carboxylic acids is 1. The van der Waals surface area contributed by atoms with Crippen molar-refractivity contribution in [3.8, 4) is 0 Å². The molecule has 0 aromatic rings. The summed E-state index contributed by atoms with van der Waals surface area (Å²) in [6.45, 7) is 11.0. The van der Waals surface area contributed by atoms with Crippen molar-refractivity contribution in [1.82, 2.24) is 15.1 Å². The van der Waals surface area contributed by atoms with Crippen LogP contribution in [0.3, 0.4) is 0 Å². The highest BCUT2D eigenvalue weighted by Gasteiger charge is 2.26. The van der Waals surface area contributed by atoms with E-state index < -0.39 is 0 Å². The molecule has 122 valence electrons. The number of hydrogen-bond acceptors (Lipinski definition) is 4. The van der Waals surface area contributed by atoms with Gasteiger partial charge in [-0.3, -0.25) is 9.69 Å². The minimum atomic E-state index is 0.272. The second-order valence-corrected chi connectivity index (χ2v) is 6.67. The lowest BCUT2D eigenvalue weighted by molar-refractivity contribution is -0.137. The van der Waals surface area contributed by atoms with Gasteiger partial charge in [-0.25, -0.2) is 0 Å². The van der Waals surface area contributed by atoms with Crippen LogP contribution in [0.25, 0.3) is 0 Å². The van der Waals surface area contributed by atoms with Gasteiger partial charge in [-0.15, -0.1) is 0 Å². The Kier molecular flexibility index (Phi) is 6.93. The third-order valence-corrected chi connectivity index (χ3v) is 4.38. The Morgan fingerprint density at radius 2 is 2.00 bits per heavy atom. The Bertz CT molecular complexity index is 317. The van der Waals surface area contributed by atoms with E-state index in [1.807, 2.05) is 4.90 Å². The zero-order valence-electron chi connectivity index (χ0n) is 13.6. The number of amides is 1. The van der Waals surface area contributed by atoms with E-state index in [0.29, 0.717) is 31.7 Å². The average molecular weight is 297 g/mol. The summed E-state index contributed by atoms with van der Waals surface area (Å²) in [5.74, 6) is 0.950. The predicted octanol–water partition coefficient (Wildman–Crippen LogP) is 0.945. The molecule has 2 aliphatic rings. The number of likely N-dealkylation sites (tertiary alicyclic amines) is 1. The summed E-state index contributed by atoms with van der Waals surface area (Å²) in [7, 11) is 0. The van der Waals surface area contributed by atoms with E-state index >= 15 is 0 Å². The van der Waals surface area contributed by atoms with Gasteiger partial charge in [-0.05, 0) is 31.8 Å². The van der Waals surface area contributed by atoms with E-state index in [4.69, 9.17) is 4.74 Å². The van der Waals surface area contributed by atoms with Crippen LogP contribution >= 0.6 is 0 Å². The first-order valence-corrected chi connectivity index (χ1v) is 8.47. The second-order valence-electron chi connectivity index (χ2n) is 6.67. The molecule has 1 amide bonds. The molecule has 2 aliphatic heterocycles. The fourth-order valence-electron chi connectivity index (χ4n) is 3.12. The van der Waals surface area contributed by atoms with Crippen molar-refractivity contribution in [2.45, 2.75) is 39.2 Å². The van der Waals surface area contributed by atoms with Gasteiger partial charge in [0.25, 0.3) is 0 Å². The molecule has 1 unspecified atom stereocenters. The number of piperidine rings is 1. The number of nitrogens with zero attached hydrogens (tertiary/aromatic N) is 2. The van der Waals surface area contributed by atoms with Crippen molar-refractivity contribution in [2.24, 2.45) is 5.92 Å². The highest BCUT2D eigenvalue weighted by atomic mass is 16.5. The van der Waals surface area contributed by atoms with Gasteiger partial charge in [0, 0.05) is 25.7 Å². The first kappa shape index (κ1) is 16.7. The largest absolute Gasteiger partial charge is 0.378 e. The van der Waals surface area contributed by atoms with E-state index in [9.17, 15) is 4.79 Å². The van der Waals surface area contributed by atoms with Crippen molar-refractivity contribution in [3.05, 3.63) is 0 Å². The number of hydrogen-bond donors (Lipinski definition) is 1. The third kappa shape index (κ3) is 5.57. The summed E-state index contributed by atoms with van der Waals surface area (Å²) in [6, 6.07) is 0.516. The monoisotopic (exact) mass is 297 g/mol. The van der Waals surface area contributed by atoms with Crippen LogP contribution in [0.4, 0.5) is 0 Å². The van der Waals surface area contributed by atoms with Gasteiger partial charge >= 0.3 is 0 Å². The first-order valence-electron chi connectivity index (χ1n) is 8.47. The van der Waals surface area contributed by atoms with E-state index in [1.165, 1.54) is 19.3 Å². The molecule has 0 saturated carbocycles. The van der Waals surface area contributed by atoms with Crippen LogP contribution in [-0.2, 0) is 9.53 Å². The van der Waals surface area contributed by atoms with Gasteiger partial charge in [-0.2, -0.15) is 0 Å². The lowest BCUT2D eigenvalue weighted by atomic mass is 10.0. The molecule has 2 saturated heterocycles. The Labute approximate surface area is 129 Å². The van der Waals surface area contributed by atoms with Crippen LogP contribution in [-0.4, -0.2) is 74.2 Å². The summed E-state index contributed by atoms with van der Waals surface area (Å²) in [6.07, 6.45) is 3.72. The maximum atomic E-state index is 12.4. The van der Waals surface area contributed by atoms with Crippen molar-refractivity contribution < 1.29 is 9.53 Å². The van der Waals surface area contributed by atoms with Crippen LogP contribution in [0.15, 0.2) is 0 Å². The maximum absolute atomic E-state index is 12.4. The molecule has 1 atom stereocenters. The van der Waals surface area contributed by atoms with Crippen LogP contribution in [0.5, 0.6) is 0 Å². The molecule has 0 radical (unpaired) electrons. The molecule has 0 aromatic carbocycles. The van der Waals surface area contributed by atoms with Crippen LogP contribution in [0.2, 0.25) is 0 Å². The average Bonchev–Trinajstić information content (AvgIpc) is 2.49. The van der Waals surface area contributed by atoms with Gasteiger partial charge in [0.15, 0.2) is 0 Å². The van der Waals surface area contributed by atoms with Gasteiger partial charge in [0.1, 0.15) is 0 Å². The number of ether oxygens (including phenoxy) is 1. The van der Waals surface area contributed by atoms with Gasteiger partial charge in [0.2, 0.25) is 5.91 Å². The summed E-state index contributed by atoms with van der Waals surface area (Å²) in [5, 5.41) is 3.55. The normalized spacial score (nSPS) is 24.5. The number of carbonyl (C=O) groups is 1. The number of morpholine rings is 1. The van der Waals surface area contributed by atoms with E-state index in [1.54, 1.807) is 0 Å². The van der Waals surface area contributed by atoms with Crippen molar-refractivity contribution >= 4 is 5.91 Å². The molecule has 1 N–H and O–H groups in total. The lowest BCUT2D eigenvalue weighted by Gasteiger charge is -2.37. The summed E-state index contributed by atoms with van der Waals surface area (Å²) < 4.78 is 5.32. The van der Waals surface area contributed by atoms with Crippen LogP contribution in [0.1, 0.15) is 33.1 Å². The molecule has 0 spiro atoms. The van der Waals surface area contributed by atoms with Gasteiger partial charge < -0.3 is 15.0 Å². The standard InChI is InChI=1S/C16H31N3O2/c1-14(2)11-17-12-15-5-3-4-6-19(15)13-16(20)18-7-9-21-10-8-18/h14-15,17H,3-13H2,1-2H3. The van der Waals surface area contributed by atoms with Crippen molar-refractivity contribution in [3.63, 3.8) is 0 Å². The highest BCUT2D eigenvalue weighted by Crippen LogP contribution is 2.16. The Hall–Kier alpha value is -0.650. The van der Waals surface area contributed by atoms with Crippen LogP contribution < -0.4 is 5.32 Å². The molecule has 2 rings (SSSR count). The minimum Gasteiger partial charge on any atom is -0.378 e. The Morgan fingerprint density at radius 3 is 2.71 bits per heavy atom. The molecule has 0 bridgehead atoms. The zero-order valence-corrected chi connectivity index (χ0v) is 13.6. The molecule has 2 fully saturated rings. The first-order chi connectivity index (χ1) is 10.2. The molecule has 0 aromatic heterocycles. The summed E-state index contributed by atoms with van der Waals surface area (Å²) in [5.41, 5.74) is 0. The Morgan fingerprint density at radius 1 is 1.24 bits per heavy atom. The molecule has 5 heteroatoms. The van der Waals surface area contributed by atoms with Gasteiger partial charge in [0.05, 0.1) is 19.8 Å². The van der Waals surface area contributed by atoms with Crippen molar-refractivity contribution in [2.75, 3.05) is 52.5 Å². The number of nitrogens with one attached hydrogen (secondary N) is 1. The van der Waals surface area contributed by atoms with E-state index in [2.05, 4.69) is 24.1 Å². The maximum Gasteiger partial charge on any atom is 0.236 e. The summed E-state index contributed by atoms with van der Waals surface area (Å²) >= 11 is 0. The topological polar surface area (TPSA) is 44.8 Å². The summed E-state index contributed by atoms with van der Waals surface area (Å²) in [4.78, 5) is 16.7. The Balaban J connectivity index is 1.78. The smallest absolute Gasteiger partial charge is 0.236 e. The third-order valence-electron chi connectivity index (χ3n) is 4.38. The second kappa shape index (κ2) is 8.71. The fraction of sp³-hybridized carbons (Fsp3) is 0.938. The quantitative estimate of drug-likeness (QED) is 0.793. The van der Waals surface area contributed by atoms with E-state index in [0.717, 1.165) is 32.7 Å². The molecular formula is C16H31N3O2. The highest BCUT2D eigenvalue weighted by molar-refractivity contribution is 5.78. The minimum absolute atomic E-state index is 0.272. The lowest BCUT2D eigenvalue weighted by Crippen LogP contribution is -2.52. The van der Waals surface area contributed by atoms with Crippen LogP contribution in [0, 0.1) is 5.92 Å².